The van der Waals surface area contributed by atoms with Gasteiger partial charge in [0.25, 0.3) is 0 Å². The van der Waals surface area contributed by atoms with E-state index in [9.17, 15) is 19.5 Å². The second-order valence-corrected chi connectivity index (χ2v) is 14.6. The van der Waals surface area contributed by atoms with Crippen LogP contribution in [0.15, 0.2) is 103 Å². The van der Waals surface area contributed by atoms with Gasteiger partial charge in [0.1, 0.15) is 5.54 Å². The number of nitrogens with zero attached hydrogens (tertiary/aromatic N) is 2. The number of rotatable bonds is 13. The molecule has 4 aromatic carbocycles. The molecule has 12 nitrogen and oxygen atoms in total. The average Bonchev–Trinajstić information content (AvgIpc) is 3.53. The monoisotopic (exact) mass is 746 g/mol. The SMILES string of the molecule is Nc1ccccc1NC(=O)CCCCC(=O)Nc1ccc(C2OC(CN3CCC4(CC3)C(=O)NCN4c3ccccc3)CC(c3ccc(CO)cc3)O2)cc1. The molecule has 12 heteroatoms. The summed E-state index contributed by atoms with van der Waals surface area (Å²) in [4.78, 5) is 42.9. The molecule has 7 rings (SSSR count). The number of para-hydroxylation sites is 3. The number of hydrogen-bond donors (Lipinski definition) is 5. The number of aliphatic hydroxyl groups excluding tert-OH is 1. The van der Waals surface area contributed by atoms with Crippen LogP contribution in [0.4, 0.5) is 22.7 Å². The summed E-state index contributed by atoms with van der Waals surface area (Å²) in [7, 11) is 0. The molecule has 0 radical (unpaired) electrons. The van der Waals surface area contributed by atoms with E-state index in [2.05, 4.69) is 37.9 Å². The zero-order valence-corrected chi connectivity index (χ0v) is 31.0. The first kappa shape index (κ1) is 38.0. The van der Waals surface area contributed by atoms with Crippen LogP contribution >= 0.6 is 0 Å². The Kier molecular flexibility index (Phi) is 12.1. The normalized spacial score (nSPS) is 20.9. The highest BCUT2D eigenvalue weighted by Crippen LogP contribution is 2.40. The van der Waals surface area contributed by atoms with Crippen LogP contribution in [0.25, 0.3) is 0 Å². The Morgan fingerprint density at radius 1 is 0.818 bits per heavy atom. The average molecular weight is 747 g/mol. The van der Waals surface area contributed by atoms with Gasteiger partial charge in [-0.05, 0) is 73.2 Å². The minimum Gasteiger partial charge on any atom is -0.397 e. The number of hydrogen-bond acceptors (Lipinski definition) is 9. The van der Waals surface area contributed by atoms with Crippen molar-refractivity contribution in [3.8, 4) is 0 Å². The summed E-state index contributed by atoms with van der Waals surface area (Å²) in [6.07, 6.45) is 2.85. The van der Waals surface area contributed by atoms with Crippen molar-refractivity contribution in [3.05, 3.63) is 120 Å². The number of anilines is 4. The van der Waals surface area contributed by atoms with Gasteiger partial charge in [0.2, 0.25) is 17.7 Å². The van der Waals surface area contributed by atoms with Crippen molar-refractivity contribution in [2.24, 2.45) is 0 Å². The first-order valence-electron chi connectivity index (χ1n) is 19.2. The largest absolute Gasteiger partial charge is 0.397 e. The number of likely N-dealkylation sites (tertiary alicyclic amines) is 1. The number of nitrogens with two attached hydrogens (primary N) is 1. The highest BCUT2D eigenvalue weighted by atomic mass is 16.7. The van der Waals surface area contributed by atoms with Crippen LogP contribution in [0.1, 0.15) is 74.0 Å². The van der Waals surface area contributed by atoms with E-state index in [1.807, 2.05) is 78.9 Å². The number of nitrogen functional groups attached to an aromatic ring is 1. The molecule has 6 N–H and O–H groups in total. The highest BCUT2D eigenvalue weighted by molar-refractivity contribution is 5.94. The molecular weight excluding hydrogens is 697 g/mol. The summed E-state index contributed by atoms with van der Waals surface area (Å²) in [5.74, 6) is -0.160. The van der Waals surface area contributed by atoms with E-state index in [0.29, 0.717) is 62.4 Å². The third kappa shape index (κ3) is 9.17. The number of amides is 3. The van der Waals surface area contributed by atoms with Crippen LogP contribution in [-0.4, -0.2) is 65.7 Å². The van der Waals surface area contributed by atoms with E-state index in [1.165, 1.54) is 0 Å². The van der Waals surface area contributed by atoms with Gasteiger partial charge in [-0.1, -0.05) is 66.7 Å². The predicted molar refractivity (Wildman–Crippen MR) is 212 cm³/mol. The lowest BCUT2D eigenvalue weighted by molar-refractivity contribution is -0.253. The van der Waals surface area contributed by atoms with Crippen molar-refractivity contribution in [3.63, 3.8) is 0 Å². The standard InChI is InChI=1S/C43H50N6O6/c44-36-10-4-5-11-37(36)47-40(52)13-7-6-12-39(51)46-33-20-18-32(19-21-33)41-54-35(26-38(55-41)31-16-14-30(28-50)15-17-31)27-48-24-22-43(23-25-48)42(53)45-29-49(43)34-8-2-1-3-9-34/h1-5,8-11,14-21,35,38,41,50H,6-7,12-13,22-29,44H2,(H,45,53)(H,46,51)(H,47,52). The summed E-state index contributed by atoms with van der Waals surface area (Å²) in [5.41, 5.74) is 10.9. The van der Waals surface area contributed by atoms with E-state index in [4.69, 9.17) is 15.2 Å². The maximum absolute atomic E-state index is 13.2. The van der Waals surface area contributed by atoms with E-state index >= 15 is 0 Å². The fourth-order valence-electron chi connectivity index (χ4n) is 7.80. The Morgan fingerprint density at radius 3 is 2.16 bits per heavy atom. The highest BCUT2D eigenvalue weighted by Gasteiger charge is 2.50. The van der Waals surface area contributed by atoms with Gasteiger partial charge in [0, 0.05) is 55.8 Å². The van der Waals surface area contributed by atoms with Crippen molar-refractivity contribution in [2.75, 3.05) is 47.6 Å². The minimum absolute atomic E-state index is 0.0267. The Bertz CT molecular complexity index is 1920. The zero-order valence-electron chi connectivity index (χ0n) is 31.0. The van der Waals surface area contributed by atoms with Crippen LogP contribution in [0.3, 0.4) is 0 Å². The van der Waals surface area contributed by atoms with Gasteiger partial charge in [-0.25, -0.2) is 0 Å². The number of unbranched alkanes of at least 4 members (excludes halogenated alkanes) is 1. The maximum Gasteiger partial charge on any atom is 0.247 e. The summed E-state index contributed by atoms with van der Waals surface area (Å²) in [5, 5.41) is 18.5. The predicted octanol–water partition coefficient (Wildman–Crippen LogP) is 5.87. The molecule has 0 aliphatic carbocycles. The molecule has 3 saturated heterocycles. The van der Waals surface area contributed by atoms with Gasteiger partial charge >= 0.3 is 0 Å². The van der Waals surface area contributed by atoms with Crippen molar-refractivity contribution in [2.45, 2.75) is 75.6 Å². The van der Waals surface area contributed by atoms with Crippen LogP contribution in [0.5, 0.6) is 0 Å². The van der Waals surface area contributed by atoms with E-state index in [-0.39, 0.29) is 36.5 Å². The van der Waals surface area contributed by atoms with Gasteiger partial charge in [0.05, 0.1) is 36.9 Å². The molecule has 0 saturated carbocycles. The lowest BCUT2D eigenvalue weighted by atomic mass is 9.85. The Hall–Kier alpha value is -5.27. The maximum atomic E-state index is 13.2. The lowest BCUT2D eigenvalue weighted by Crippen LogP contribution is -2.57. The first-order chi connectivity index (χ1) is 26.8. The number of benzene rings is 4. The molecule has 3 fully saturated rings. The molecule has 3 atom stereocenters. The number of piperidine rings is 1. The number of ether oxygens (including phenoxy) is 2. The third-order valence-corrected chi connectivity index (χ3v) is 10.9. The molecule has 55 heavy (non-hydrogen) atoms. The van der Waals surface area contributed by atoms with Gasteiger partial charge in [0.15, 0.2) is 6.29 Å². The van der Waals surface area contributed by atoms with Crippen molar-refractivity contribution >= 4 is 40.5 Å². The van der Waals surface area contributed by atoms with Crippen LogP contribution < -0.4 is 26.6 Å². The lowest BCUT2D eigenvalue weighted by Gasteiger charge is -2.45. The fraction of sp³-hybridized carbons (Fsp3) is 0.372. The number of nitrogens with one attached hydrogen (secondary N) is 3. The smallest absolute Gasteiger partial charge is 0.247 e. The summed E-state index contributed by atoms with van der Waals surface area (Å²) < 4.78 is 13.2. The molecule has 4 aromatic rings. The Balaban J connectivity index is 0.944. The third-order valence-electron chi connectivity index (χ3n) is 10.9. The zero-order chi connectivity index (χ0) is 38.2. The van der Waals surface area contributed by atoms with E-state index in [1.54, 1.807) is 12.1 Å². The van der Waals surface area contributed by atoms with Crippen molar-refractivity contribution in [1.82, 2.24) is 10.2 Å². The molecule has 3 aliphatic rings. The van der Waals surface area contributed by atoms with Crippen LogP contribution in [0.2, 0.25) is 0 Å². The van der Waals surface area contributed by atoms with Gasteiger partial charge in [-0.15, -0.1) is 0 Å². The van der Waals surface area contributed by atoms with Crippen molar-refractivity contribution < 1.29 is 29.0 Å². The molecule has 288 valence electrons. The molecule has 0 aromatic heterocycles. The second kappa shape index (κ2) is 17.5. The van der Waals surface area contributed by atoms with E-state index in [0.717, 1.165) is 48.3 Å². The molecule has 3 amide bonds. The van der Waals surface area contributed by atoms with Crippen molar-refractivity contribution in [1.29, 1.82) is 0 Å². The topological polar surface area (TPSA) is 158 Å². The van der Waals surface area contributed by atoms with E-state index < -0.39 is 11.8 Å². The Labute approximate surface area is 322 Å². The van der Waals surface area contributed by atoms with Crippen LogP contribution in [-0.2, 0) is 30.5 Å². The second-order valence-electron chi connectivity index (χ2n) is 14.6. The quantitative estimate of drug-likeness (QED) is 0.0834. The summed E-state index contributed by atoms with van der Waals surface area (Å²) >= 11 is 0. The number of aliphatic hydroxyl groups is 1. The molecule has 3 heterocycles. The molecule has 3 aliphatic heterocycles. The Morgan fingerprint density at radius 2 is 1.47 bits per heavy atom. The number of carbonyl (C=O) groups is 3. The summed E-state index contributed by atoms with van der Waals surface area (Å²) in [6.45, 7) is 2.72. The fourth-order valence-corrected chi connectivity index (χ4v) is 7.80. The summed E-state index contributed by atoms with van der Waals surface area (Å²) in [6, 6.07) is 32.6. The molecule has 0 bridgehead atoms. The molecule has 3 unspecified atom stereocenters. The molecule has 1 spiro atoms. The molecular formula is C43H50N6O6. The van der Waals surface area contributed by atoms with Crippen LogP contribution in [0, 0.1) is 0 Å². The number of carbonyl (C=O) groups excluding carboxylic acids is 3. The van der Waals surface area contributed by atoms with Gasteiger partial charge < -0.3 is 46.1 Å². The minimum atomic E-state index is -0.631. The van der Waals surface area contributed by atoms with Gasteiger partial charge in [-0.3, -0.25) is 14.4 Å². The first-order valence-corrected chi connectivity index (χ1v) is 19.2. The van der Waals surface area contributed by atoms with Gasteiger partial charge in [-0.2, -0.15) is 0 Å².